The van der Waals surface area contributed by atoms with Crippen LogP contribution in [0.2, 0.25) is 0 Å². The summed E-state index contributed by atoms with van der Waals surface area (Å²) in [6.45, 7) is 0.765. The molecule has 29 heavy (non-hydrogen) atoms. The molecule has 0 radical (unpaired) electrons. The summed E-state index contributed by atoms with van der Waals surface area (Å²) < 4.78 is 1.39. The predicted molar refractivity (Wildman–Crippen MR) is 108 cm³/mol. The third kappa shape index (κ3) is 4.05. The van der Waals surface area contributed by atoms with Crippen LogP contribution in [0.4, 0.5) is 0 Å². The lowest BCUT2D eigenvalue weighted by Crippen LogP contribution is -2.30. The number of hydrogen-bond acceptors (Lipinski definition) is 4. The molecule has 7 nitrogen and oxygen atoms in total. The summed E-state index contributed by atoms with van der Waals surface area (Å²) in [7, 11) is 1.70. The van der Waals surface area contributed by atoms with Crippen LogP contribution in [-0.2, 0) is 13.1 Å². The van der Waals surface area contributed by atoms with E-state index >= 15 is 0 Å². The van der Waals surface area contributed by atoms with Gasteiger partial charge < -0.3 is 15.3 Å². The molecular weight excluding hydrogens is 368 g/mol. The minimum absolute atomic E-state index is 0.171. The van der Waals surface area contributed by atoms with Crippen molar-refractivity contribution in [1.82, 2.24) is 20.0 Å². The molecule has 1 unspecified atom stereocenters. The molecule has 2 amide bonds. The standard InChI is InChI=1S/C22H22N4O3/c1-25(13-15-7-9-17(10-8-15)16-5-3-2-4-6-16)22(29)19-11-20-21(28)23-12-18(27)14-26(20)24-19/h2-11,18,27H,12-14H2,1H3,(H,23,28). The molecule has 148 valence electrons. The summed E-state index contributed by atoms with van der Waals surface area (Å²) in [6.07, 6.45) is -0.732. The first-order chi connectivity index (χ1) is 14.0. The van der Waals surface area contributed by atoms with Gasteiger partial charge >= 0.3 is 0 Å². The highest BCUT2D eigenvalue weighted by Crippen LogP contribution is 2.20. The Morgan fingerprint density at radius 3 is 2.59 bits per heavy atom. The highest BCUT2D eigenvalue weighted by atomic mass is 16.3. The lowest BCUT2D eigenvalue weighted by Gasteiger charge is -2.16. The summed E-state index contributed by atoms with van der Waals surface area (Å²) in [5.41, 5.74) is 3.72. The van der Waals surface area contributed by atoms with Gasteiger partial charge in [-0.25, -0.2) is 0 Å². The van der Waals surface area contributed by atoms with Gasteiger partial charge in [-0.1, -0.05) is 54.6 Å². The zero-order valence-electron chi connectivity index (χ0n) is 16.1. The molecule has 0 saturated heterocycles. The van der Waals surface area contributed by atoms with Crippen LogP contribution in [0.5, 0.6) is 0 Å². The molecule has 0 bridgehead atoms. The second-order valence-corrected chi connectivity index (χ2v) is 7.18. The van der Waals surface area contributed by atoms with E-state index in [2.05, 4.69) is 22.5 Å². The number of carbonyl (C=O) groups excluding carboxylic acids is 2. The Kier molecular flexibility index (Phi) is 5.14. The van der Waals surface area contributed by atoms with Crippen LogP contribution in [0.1, 0.15) is 26.5 Å². The average molecular weight is 390 g/mol. The molecule has 2 aromatic carbocycles. The Balaban J connectivity index is 1.47. The Morgan fingerprint density at radius 2 is 1.86 bits per heavy atom. The number of hydrogen-bond donors (Lipinski definition) is 2. The number of amides is 2. The van der Waals surface area contributed by atoms with E-state index in [1.807, 2.05) is 42.5 Å². The Morgan fingerprint density at radius 1 is 1.17 bits per heavy atom. The molecule has 7 heteroatoms. The van der Waals surface area contributed by atoms with Crippen LogP contribution in [0.3, 0.4) is 0 Å². The normalized spacial score (nSPS) is 15.9. The molecule has 4 rings (SSSR count). The van der Waals surface area contributed by atoms with Gasteiger partial charge in [-0.2, -0.15) is 5.10 Å². The third-order valence-electron chi connectivity index (χ3n) is 4.94. The van der Waals surface area contributed by atoms with Crippen molar-refractivity contribution < 1.29 is 14.7 Å². The maximum Gasteiger partial charge on any atom is 0.274 e. The molecule has 0 aliphatic carbocycles. The van der Waals surface area contributed by atoms with Crippen molar-refractivity contribution >= 4 is 11.8 Å². The van der Waals surface area contributed by atoms with Crippen molar-refractivity contribution in [3.05, 3.63) is 77.6 Å². The number of β-amino-alcohol motifs (C(OH)–C–C–N with tert-alkyl or cyclic N) is 1. The van der Waals surface area contributed by atoms with Crippen molar-refractivity contribution in [1.29, 1.82) is 0 Å². The second kappa shape index (κ2) is 7.89. The van der Waals surface area contributed by atoms with Crippen molar-refractivity contribution in [3.8, 4) is 11.1 Å². The maximum absolute atomic E-state index is 12.8. The number of aliphatic hydroxyl groups is 1. The van der Waals surface area contributed by atoms with Crippen molar-refractivity contribution in [3.63, 3.8) is 0 Å². The zero-order chi connectivity index (χ0) is 20.4. The van der Waals surface area contributed by atoms with Gasteiger partial charge in [-0.3, -0.25) is 14.3 Å². The van der Waals surface area contributed by atoms with Gasteiger partial charge in [0.2, 0.25) is 0 Å². The summed E-state index contributed by atoms with van der Waals surface area (Å²) in [4.78, 5) is 26.4. The van der Waals surface area contributed by atoms with E-state index in [1.165, 1.54) is 10.7 Å². The van der Waals surface area contributed by atoms with Crippen LogP contribution in [0.25, 0.3) is 11.1 Å². The first kappa shape index (κ1) is 18.9. The highest BCUT2D eigenvalue weighted by molar-refractivity contribution is 5.98. The van der Waals surface area contributed by atoms with E-state index in [1.54, 1.807) is 11.9 Å². The fourth-order valence-corrected chi connectivity index (χ4v) is 3.38. The lowest BCUT2D eigenvalue weighted by molar-refractivity contribution is 0.0777. The van der Waals surface area contributed by atoms with Gasteiger partial charge in [-0.15, -0.1) is 0 Å². The predicted octanol–water partition coefficient (Wildman–Crippen LogP) is 1.93. The van der Waals surface area contributed by atoms with Gasteiger partial charge in [0, 0.05) is 26.2 Å². The van der Waals surface area contributed by atoms with Crippen molar-refractivity contribution in [2.75, 3.05) is 13.6 Å². The molecule has 0 saturated carbocycles. The number of aromatic nitrogens is 2. The van der Waals surface area contributed by atoms with Crippen molar-refractivity contribution in [2.45, 2.75) is 19.2 Å². The molecule has 1 atom stereocenters. The van der Waals surface area contributed by atoms with Gasteiger partial charge in [0.25, 0.3) is 11.8 Å². The summed E-state index contributed by atoms with van der Waals surface area (Å²) in [5, 5.41) is 16.7. The average Bonchev–Trinajstić information content (AvgIpc) is 3.10. The zero-order valence-corrected chi connectivity index (χ0v) is 16.1. The lowest BCUT2D eigenvalue weighted by atomic mass is 10.0. The summed E-state index contributed by atoms with van der Waals surface area (Å²) >= 11 is 0. The monoisotopic (exact) mass is 390 g/mol. The van der Waals surface area contributed by atoms with Gasteiger partial charge in [0.05, 0.1) is 12.6 Å². The fraction of sp³-hybridized carbons (Fsp3) is 0.227. The summed E-state index contributed by atoms with van der Waals surface area (Å²) in [6, 6.07) is 19.6. The minimum atomic E-state index is -0.732. The van der Waals surface area contributed by atoms with Crippen LogP contribution < -0.4 is 5.32 Å². The maximum atomic E-state index is 12.8. The number of rotatable bonds is 4. The quantitative estimate of drug-likeness (QED) is 0.713. The van der Waals surface area contributed by atoms with Gasteiger partial charge in [0.1, 0.15) is 5.69 Å². The molecule has 2 heterocycles. The van der Waals surface area contributed by atoms with Crippen LogP contribution >= 0.6 is 0 Å². The molecule has 1 aliphatic heterocycles. The Bertz CT molecular complexity index is 1030. The molecule has 0 fully saturated rings. The Hall–Kier alpha value is -3.45. The van der Waals surface area contributed by atoms with Crippen LogP contribution in [0.15, 0.2) is 60.7 Å². The first-order valence-corrected chi connectivity index (χ1v) is 9.45. The van der Waals surface area contributed by atoms with Gasteiger partial charge in [0.15, 0.2) is 5.69 Å². The molecule has 3 aromatic rings. The molecular formula is C22H22N4O3. The molecule has 1 aromatic heterocycles. The number of benzene rings is 2. The Labute approximate surface area is 168 Å². The van der Waals surface area contributed by atoms with E-state index in [-0.39, 0.29) is 36.3 Å². The van der Waals surface area contributed by atoms with E-state index in [4.69, 9.17) is 0 Å². The van der Waals surface area contributed by atoms with E-state index in [0.29, 0.717) is 6.54 Å². The SMILES string of the molecule is CN(Cc1ccc(-c2ccccc2)cc1)C(=O)c1cc2n(n1)CC(O)CNC2=O. The topological polar surface area (TPSA) is 87.5 Å². The minimum Gasteiger partial charge on any atom is -0.389 e. The first-order valence-electron chi connectivity index (χ1n) is 9.45. The number of nitrogens with zero attached hydrogens (tertiary/aromatic N) is 3. The highest BCUT2D eigenvalue weighted by Gasteiger charge is 2.25. The molecule has 0 spiro atoms. The van der Waals surface area contributed by atoms with Crippen LogP contribution in [0, 0.1) is 0 Å². The molecule has 2 N–H and O–H groups in total. The van der Waals surface area contributed by atoms with Gasteiger partial charge in [-0.05, 0) is 16.7 Å². The second-order valence-electron chi connectivity index (χ2n) is 7.18. The number of aliphatic hydroxyl groups excluding tert-OH is 1. The van der Waals surface area contributed by atoms with E-state index < -0.39 is 6.10 Å². The van der Waals surface area contributed by atoms with Crippen LogP contribution in [-0.4, -0.2) is 51.3 Å². The van der Waals surface area contributed by atoms with Crippen molar-refractivity contribution in [2.24, 2.45) is 0 Å². The third-order valence-corrected chi connectivity index (χ3v) is 4.94. The smallest absolute Gasteiger partial charge is 0.274 e. The van der Waals surface area contributed by atoms with E-state index in [0.717, 1.165) is 16.7 Å². The molecule has 1 aliphatic rings. The number of carbonyl (C=O) groups is 2. The number of nitrogens with one attached hydrogen (secondary N) is 1. The largest absolute Gasteiger partial charge is 0.389 e. The summed E-state index contributed by atoms with van der Waals surface area (Å²) in [5.74, 6) is -0.618. The van der Waals surface area contributed by atoms with E-state index in [9.17, 15) is 14.7 Å². The number of fused-ring (bicyclic) bond motifs is 1. The fourth-order valence-electron chi connectivity index (χ4n) is 3.38.